The van der Waals surface area contributed by atoms with Crippen LogP contribution in [0.1, 0.15) is 23.6 Å². The fourth-order valence-electron chi connectivity index (χ4n) is 3.01. The van der Waals surface area contributed by atoms with Crippen LogP contribution in [-0.4, -0.2) is 27.6 Å². The van der Waals surface area contributed by atoms with Crippen molar-refractivity contribution in [2.75, 3.05) is 7.11 Å². The van der Waals surface area contributed by atoms with Gasteiger partial charge in [0.2, 0.25) is 5.95 Å². The minimum absolute atomic E-state index is 0.109. The largest absolute Gasteiger partial charge is 0.496 e. The van der Waals surface area contributed by atoms with Crippen LogP contribution >= 0.6 is 15.9 Å². The lowest BCUT2D eigenvalue weighted by molar-refractivity contribution is 0.398. The molecule has 0 saturated carbocycles. The van der Waals surface area contributed by atoms with Crippen LogP contribution in [0.4, 0.5) is 10.3 Å². The Labute approximate surface area is 152 Å². The van der Waals surface area contributed by atoms with Crippen LogP contribution in [0.15, 0.2) is 58.3 Å². The zero-order valence-corrected chi connectivity index (χ0v) is 14.9. The summed E-state index contributed by atoms with van der Waals surface area (Å²) >= 11 is 3.52. The van der Waals surface area contributed by atoms with E-state index in [0.29, 0.717) is 12.4 Å². The molecule has 0 aliphatic carbocycles. The predicted octanol–water partition coefficient (Wildman–Crippen LogP) is 4.30. The van der Waals surface area contributed by atoms with Gasteiger partial charge in [-0.1, -0.05) is 28.1 Å². The highest BCUT2D eigenvalue weighted by atomic mass is 79.9. The Bertz CT molecular complexity index is 952. The second-order valence-corrected chi connectivity index (χ2v) is 6.59. The summed E-state index contributed by atoms with van der Waals surface area (Å²) in [6.45, 7) is 0. The molecule has 1 atom stereocenters. The van der Waals surface area contributed by atoms with E-state index in [-0.39, 0.29) is 11.9 Å². The molecule has 0 N–H and O–H groups in total. The second kappa shape index (κ2) is 6.40. The van der Waals surface area contributed by atoms with E-state index in [1.54, 1.807) is 23.9 Å². The van der Waals surface area contributed by atoms with Crippen LogP contribution in [0.3, 0.4) is 0 Å². The Morgan fingerprint density at radius 2 is 2.00 bits per heavy atom. The van der Waals surface area contributed by atoms with E-state index >= 15 is 0 Å². The van der Waals surface area contributed by atoms with Gasteiger partial charge in [0.15, 0.2) is 0 Å². The number of hydrogen-bond donors (Lipinski definition) is 0. The standard InChI is InChI=1S/C18H14BrFN4O/c1-25-17-7-4-12(19)8-14(17)16-9-15(11-2-5-13(20)6-3-11)23-18-21-10-22-24(16)18/h2-8,10,16H,9H2,1H3. The summed E-state index contributed by atoms with van der Waals surface area (Å²) in [7, 11) is 1.65. The number of methoxy groups -OCH3 is 1. The van der Waals surface area contributed by atoms with Gasteiger partial charge in [-0.2, -0.15) is 10.1 Å². The van der Waals surface area contributed by atoms with Gasteiger partial charge >= 0.3 is 0 Å². The molecule has 126 valence electrons. The van der Waals surface area contributed by atoms with Crippen LogP contribution in [0.2, 0.25) is 0 Å². The van der Waals surface area contributed by atoms with Gasteiger partial charge in [0.25, 0.3) is 0 Å². The highest BCUT2D eigenvalue weighted by Gasteiger charge is 2.28. The molecule has 0 fully saturated rings. The van der Waals surface area contributed by atoms with Crippen molar-refractivity contribution in [1.82, 2.24) is 14.8 Å². The fourth-order valence-corrected chi connectivity index (χ4v) is 3.39. The van der Waals surface area contributed by atoms with Crippen molar-refractivity contribution in [3.05, 3.63) is 70.2 Å². The Balaban J connectivity index is 1.82. The lowest BCUT2D eigenvalue weighted by atomic mass is 9.95. The summed E-state index contributed by atoms with van der Waals surface area (Å²) in [5.41, 5.74) is 2.69. The molecule has 0 saturated heterocycles. The zero-order valence-electron chi connectivity index (χ0n) is 13.4. The number of hydrogen-bond acceptors (Lipinski definition) is 4. The molecule has 2 heterocycles. The number of aliphatic imine (C=N–C) groups is 1. The molecule has 1 aliphatic rings. The van der Waals surface area contributed by atoms with Crippen molar-refractivity contribution in [3.8, 4) is 5.75 Å². The topological polar surface area (TPSA) is 52.3 Å². The Morgan fingerprint density at radius 3 is 2.76 bits per heavy atom. The Hall–Kier alpha value is -2.54. The number of aromatic nitrogens is 3. The van der Waals surface area contributed by atoms with Crippen molar-refractivity contribution in [2.45, 2.75) is 12.5 Å². The second-order valence-electron chi connectivity index (χ2n) is 5.68. The van der Waals surface area contributed by atoms with Crippen LogP contribution in [0.5, 0.6) is 5.75 Å². The third-order valence-electron chi connectivity index (χ3n) is 4.20. The summed E-state index contributed by atoms with van der Waals surface area (Å²) in [5, 5.41) is 4.33. The van der Waals surface area contributed by atoms with Crippen molar-refractivity contribution in [3.63, 3.8) is 0 Å². The van der Waals surface area contributed by atoms with E-state index in [0.717, 1.165) is 27.1 Å². The van der Waals surface area contributed by atoms with Gasteiger partial charge < -0.3 is 4.74 Å². The molecule has 7 heteroatoms. The first-order valence-electron chi connectivity index (χ1n) is 7.72. The predicted molar refractivity (Wildman–Crippen MR) is 96.1 cm³/mol. The van der Waals surface area contributed by atoms with Crippen molar-refractivity contribution in [2.24, 2.45) is 4.99 Å². The molecular weight excluding hydrogens is 387 g/mol. The molecular formula is C18H14BrFN4O. The smallest absolute Gasteiger partial charge is 0.248 e. The Kier molecular flexibility index (Phi) is 4.09. The molecule has 2 aromatic carbocycles. The minimum atomic E-state index is -0.270. The van der Waals surface area contributed by atoms with Gasteiger partial charge in [-0.3, -0.25) is 0 Å². The fraction of sp³-hybridized carbons (Fsp3) is 0.167. The normalized spacial score (nSPS) is 16.3. The quantitative estimate of drug-likeness (QED) is 0.658. The molecule has 25 heavy (non-hydrogen) atoms. The monoisotopic (exact) mass is 400 g/mol. The van der Waals surface area contributed by atoms with E-state index in [1.165, 1.54) is 18.5 Å². The highest BCUT2D eigenvalue weighted by molar-refractivity contribution is 9.10. The molecule has 1 aromatic heterocycles. The first-order chi connectivity index (χ1) is 12.2. The maximum Gasteiger partial charge on any atom is 0.248 e. The number of rotatable bonds is 3. The number of nitrogens with zero attached hydrogens (tertiary/aromatic N) is 4. The van der Waals surface area contributed by atoms with Gasteiger partial charge in [-0.05, 0) is 35.9 Å². The number of benzene rings is 2. The average Bonchev–Trinajstić information content (AvgIpc) is 3.10. The van der Waals surface area contributed by atoms with Crippen LogP contribution in [0, 0.1) is 5.82 Å². The van der Waals surface area contributed by atoms with Crippen LogP contribution in [-0.2, 0) is 0 Å². The molecule has 0 amide bonds. The summed E-state index contributed by atoms with van der Waals surface area (Å²) in [6, 6.07) is 12.1. The molecule has 0 spiro atoms. The third-order valence-corrected chi connectivity index (χ3v) is 4.69. The highest BCUT2D eigenvalue weighted by Crippen LogP contribution is 2.37. The van der Waals surface area contributed by atoms with Crippen LogP contribution < -0.4 is 4.74 Å². The molecule has 5 nitrogen and oxygen atoms in total. The minimum Gasteiger partial charge on any atom is -0.496 e. The summed E-state index contributed by atoms with van der Waals surface area (Å²) in [5.74, 6) is 1.03. The SMILES string of the molecule is COc1ccc(Br)cc1C1CC(c2ccc(F)cc2)=Nc2ncnn21. The number of fused-ring (bicyclic) bond motifs is 1. The maximum absolute atomic E-state index is 13.2. The molecule has 1 unspecified atom stereocenters. The van der Waals surface area contributed by atoms with E-state index in [1.807, 2.05) is 18.2 Å². The number of halogens is 2. The van der Waals surface area contributed by atoms with Gasteiger partial charge in [0.05, 0.1) is 18.9 Å². The summed E-state index contributed by atoms with van der Waals surface area (Å²) in [4.78, 5) is 8.83. The molecule has 0 bridgehead atoms. The van der Waals surface area contributed by atoms with Crippen molar-refractivity contribution in [1.29, 1.82) is 0 Å². The molecule has 1 aliphatic heterocycles. The van der Waals surface area contributed by atoms with Crippen molar-refractivity contribution < 1.29 is 9.13 Å². The number of ether oxygens (including phenoxy) is 1. The zero-order chi connectivity index (χ0) is 17.4. The van der Waals surface area contributed by atoms with Gasteiger partial charge in [-0.15, -0.1) is 0 Å². The third kappa shape index (κ3) is 2.95. The lowest BCUT2D eigenvalue weighted by Gasteiger charge is -2.25. The van der Waals surface area contributed by atoms with Crippen molar-refractivity contribution >= 4 is 27.6 Å². The van der Waals surface area contributed by atoms with Gasteiger partial charge in [-0.25, -0.2) is 14.1 Å². The van der Waals surface area contributed by atoms with E-state index in [2.05, 4.69) is 31.0 Å². The lowest BCUT2D eigenvalue weighted by Crippen LogP contribution is -2.21. The maximum atomic E-state index is 13.2. The summed E-state index contributed by atoms with van der Waals surface area (Å²) < 4.78 is 21.5. The first-order valence-corrected chi connectivity index (χ1v) is 8.51. The summed E-state index contributed by atoms with van der Waals surface area (Å²) in [6.07, 6.45) is 2.10. The average molecular weight is 401 g/mol. The molecule has 4 rings (SSSR count). The van der Waals surface area contributed by atoms with Gasteiger partial charge in [0, 0.05) is 16.5 Å². The van der Waals surface area contributed by atoms with E-state index in [9.17, 15) is 4.39 Å². The van der Waals surface area contributed by atoms with Gasteiger partial charge in [0.1, 0.15) is 17.9 Å². The molecule has 0 radical (unpaired) electrons. The van der Waals surface area contributed by atoms with E-state index in [4.69, 9.17) is 4.74 Å². The Morgan fingerprint density at radius 1 is 1.20 bits per heavy atom. The van der Waals surface area contributed by atoms with Crippen LogP contribution in [0.25, 0.3) is 0 Å². The first kappa shape index (κ1) is 16.0. The molecule has 3 aromatic rings. The van der Waals surface area contributed by atoms with E-state index < -0.39 is 0 Å².